The molecule has 2 unspecified atom stereocenters. The minimum absolute atomic E-state index is 0.0435. The first-order valence-electron chi connectivity index (χ1n) is 8.97. The number of hydrogen-bond acceptors (Lipinski definition) is 2. The number of nitrogens with one attached hydrogen (secondary N) is 4. The van der Waals surface area contributed by atoms with Crippen LogP contribution in [-0.4, -0.2) is 30.7 Å². The van der Waals surface area contributed by atoms with E-state index in [9.17, 15) is 9.59 Å². The van der Waals surface area contributed by atoms with Crippen LogP contribution in [0.15, 0.2) is 24.3 Å². The molecule has 3 rings (SSSR count). The summed E-state index contributed by atoms with van der Waals surface area (Å²) in [6.07, 6.45) is 6.25. The van der Waals surface area contributed by atoms with Crippen molar-refractivity contribution >= 4 is 29.4 Å². The summed E-state index contributed by atoms with van der Waals surface area (Å²) >= 11 is 5.93. The monoisotopic (exact) mass is 364 g/mol. The molecule has 0 saturated heterocycles. The molecule has 2 fully saturated rings. The number of carbonyl (C=O) groups is 2. The van der Waals surface area contributed by atoms with Gasteiger partial charge in [-0.05, 0) is 49.8 Å². The molecule has 0 aromatic heterocycles. The van der Waals surface area contributed by atoms with Crippen LogP contribution in [0.3, 0.4) is 0 Å². The highest BCUT2D eigenvalue weighted by Gasteiger charge is 2.28. The van der Waals surface area contributed by atoms with E-state index in [0.29, 0.717) is 16.6 Å². The summed E-state index contributed by atoms with van der Waals surface area (Å²) in [6.45, 7) is 0.742. The molecular formula is C18H25ClN4O2. The third kappa shape index (κ3) is 5.81. The molecule has 0 heterocycles. The molecule has 4 amide bonds. The molecule has 0 radical (unpaired) electrons. The molecule has 1 aromatic carbocycles. The van der Waals surface area contributed by atoms with Gasteiger partial charge < -0.3 is 21.3 Å². The molecule has 0 bridgehead atoms. The van der Waals surface area contributed by atoms with Gasteiger partial charge in [0.1, 0.15) is 0 Å². The zero-order valence-corrected chi connectivity index (χ0v) is 14.9. The lowest BCUT2D eigenvalue weighted by molar-refractivity contribution is 0.218. The first-order chi connectivity index (χ1) is 12.1. The van der Waals surface area contributed by atoms with Crippen LogP contribution in [0.5, 0.6) is 0 Å². The highest BCUT2D eigenvalue weighted by molar-refractivity contribution is 6.30. The molecule has 7 heteroatoms. The lowest BCUT2D eigenvalue weighted by atomic mass is 9.90. The zero-order valence-electron chi connectivity index (χ0n) is 14.2. The fourth-order valence-corrected chi connectivity index (χ4v) is 3.35. The third-order valence-corrected chi connectivity index (χ3v) is 4.96. The van der Waals surface area contributed by atoms with Crippen molar-refractivity contribution in [1.82, 2.24) is 16.0 Å². The minimum Gasteiger partial charge on any atom is -0.338 e. The molecule has 2 saturated carbocycles. The van der Waals surface area contributed by atoms with Crippen LogP contribution < -0.4 is 21.3 Å². The van der Waals surface area contributed by atoms with Crippen molar-refractivity contribution in [3.05, 3.63) is 29.3 Å². The van der Waals surface area contributed by atoms with Crippen molar-refractivity contribution in [2.45, 2.75) is 50.6 Å². The van der Waals surface area contributed by atoms with Crippen LogP contribution in [0, 0.1) is 5.92 Å². The van der Waals surface area contributed by atoms with Crippen LogP contribution in [0.2, 0.25) is 5.02 Å². The van der Waals surface area contributed by atoms with Gasteiger partial charge >= 0.3 is 12.1 Å². The molecule has 25 heavy (non-hydrogen) atoms. The summed E-state index contributed by atoms with van der Waals surface area (Å²) < 4.78 is 0. The summed E-state index contributed by atoms with van der Waals surface area (Å²) in [5.41, 5.74) is 0.646. The van der Waals surface area contributed by atoms with Crippen molar-refractivity contribution in [2.24, 2.45) is 5.92 Å². The predicted octanol–water partition coefficient (Wildman–Crippen LogP) is 3.48. The van der Waals surface area contributed by atoms with E-state index in [-0.39, 0.29) is 24.1 Å². The maximum atomic E-state index is 12.3. The van der Waals surface area contributed by atoms with Crippen LogP contribution in [0.1, 0.15) is 38.5 Å². The van der Waals surface area contributed by atoms with Gasteiger partial charge in [-0.2, -0.15) is 0 Å². The fourth-order valence-electron chi connectivity index (χ4n) is 3.16. The average Bonchev–Trinajstić information content (AvgIpc) is 3.39. The van der Waals surface area contributed by atoms with Gasteiger partial charge in [-0.25, -0.2) is 9.59 Å². The topological polar surface area (TPSA) is 82.3 Å². The van der Waals surface area contributed by atoms with Crippen LogP contribution in [0.25, 0.3) is 0 Å². The largest absolute Gasteiger partial charge is 0.338 e. The van der Waals surface area contributed by atoms with Gasteiger partial charge in [0.25, 0.3) is 0 Å². The quantitative estimate of drug-likeness (QED) is 0.645. The lowest BCUT2D eigenvalue weighted by Gasteiger charge is -2.32. The van der Waals surface area contributed by atoms with Crippen molar-refractivity contribution in [3.8, 4) is 0 Å². The Morgan fingerprint density at radius 2 is 1.68 bits per heavy atom. The molecule has 2 aliphatic rings. The van der Waals surface area contributed by atoms with E-state index in [0.717, 1.165) is 32.2 Å². The molecule has 0 spiro atoms. The Bertz CT molecular complexity index is 621. The van der Waals surface area contributed by atoms with Crippen LogP contribution in [0.4, 0.5) is 15.3 Å². The highest BCUT2D eigenvalue weighted by Crippen LogP contribution is 2.27. The summed E-state index contributed by atoms with van der Waals surface area (Å²) in [4.78, 5) is 24.3. The Balaban J connectivity index is 1.49. The molecule has 1 aromatic rings. The third-order valence-electron chi connectivity index (χ3n) is 4.73. The van der Waals surface area contributed by atoms with Gasteiger partial charge in [0.05, 0.1) is 12.1 Å². The highest BCUT2D eigenvalue weighted by atomic mass is 35.5. The number of halogens is 1. The SMILES string of the molecule is O=C(NCC1CC1)NC1CCCCC1NC(=O)Nc1cccc(Cl)c1. The van der Waals surface area contributed by atoms with E-state index < -0.39 is 0 Å². The maximum absolute atomic E-state index is 12.3. The summed E-state index contributed by atoms with van der Waals surface area (Å²) in [7, 11) is 0. The first kappa shape index (κ1) is 17.9. The minimum atomic E-state index is -0.278. The number of anilines is 1. The smallest absolute Gasteiger partial charge is 0.319 e. The van der Waals surface area contributed by atoms with E-state index in [2.05, 4.69) is 21.3 Å². The normalized spacial score (nSPS) is 22.8. The van der Waals surface area contributed by atoms with Crippen molar-refractivity contribution < 1.29 is 9.59 Å². The molecule has 136 valence electrons. The molecular weight excluding hydrogens is 340 g/mol. The molecule has 2 atom stereocenters. The van der Waals surface area contributed by atoms with E-state index >= 15 is 0 Å². The molecule has 0 aliphatic heterocycles. The predicted molar refractivity (Wildman–Crippen MR) is 98.9 cm³/mol. The second-order valence-electron chi connectivity index (χ2n) is 6.90. The number of urea groups is 2. The fraction of sp³-hybridized carbons (Fsp3) is 0.556. The van der Waals surface area contributed by atoms with Gasteiger partial charge in [0, 0.05) is 17.3 Å². The molecule has 2 aliphatic carbocycles. The number of carbonyl (C=O) groups excluding carboxylic acids is 2. The summed E-state index contributed by atoms with van der Waals surface area (Å²) in [5, 5.41) is 12.3. The Labute approximate surface area is 153 Å². The average molecular weight is 365 g/mol. The van der Waals surface area contributed by atoms with Gasteiger partial charge in [0.2, 0.25) is 0 Å². The second kappa shape index (κ2) is 8.43. The Kier molecular flexibility index (Phi) is 6.02. The Morgan fingerprint density at radius 1 is 1.00 bits per heavy atom. The molecule has 4 N–H and O–H groups in total. The lowest BCUT2D eigenvalue weighted by Crippen LogP contribution is -2.55. The Morgan fingerprint density at radius 3 is 2.32 bits per heavy atom. The van der Waals surface area contributed by atoms with E-state index in [1.165, 1.54) is 12.8 Å². The van der Waals surface area contributed by atoms with Crippen molar-refractivity contribution in [1.29, 1.82) is 0 Å². The number of rotatable bonds is 5. The zero-order chi connectivity index (χ0) is 17.6. The van der Waals surface area contributed by atoms with Crippen LogP contribution in [-0.2, 0) is 0 Å². The van der Waals surface area contributed by atoms with Gasteiger partial charge in [-0.3, -0.25) is 0 Å². The maximum Gasteiger partial charge on any atom is 0.319 e. The van der Waals surface area contributed by atoms with Gasteiger partial charge in [0.15, 0.2) is 0 Å². The standard InChI is InChI=1S/C18H25ClN4O2/c19-13-4-3-5-14(10-13)21-18(25)23-16-7-2-1-6-15(16)22-17(24)20-11-12-8-9-12/h3-5,10,12,15-16H,1-2,6-9,11H2,(H2,20,22,24)(H2,21,23,25). The number of amides is 4. The number of benzene rings is 1. The van der Waals surface area contributed by atoms with E-state index in [1.807, 2.05) is 0 Å². The van der Waals surface area contributed by atoms with Crippen molar-refractivity contribution in [2.75, 3.05) is 11.9 Å². The first-order valence-corrected chi connectivity index (χ1v) is 9.35. The van der Waals surface area contributed by atoms with Crippen molar-refractivity contribution in [3.63, 3.8) is 0 Å². The second-order valence-corrected chi connectivity index (χ2v) is 7.34. The van der Waals surface area contributed by atoms with Crippen LogP contribution >= 0.6 is 11.6 Å². The summed E-state index contributed by atoms with van der Waals surface area (Å²) in [5.74, 6) is 0.648. The van der Waals surface area contributed by atoms with E-state index in [4.69, 9.17) is 11.6 Å². The number of hydrogen-bond donors (Lipinski definition) is 4. The van der Waals surface area contributed by atoms with Gasteiger partial charge in [-0.15, -0.1) is 0 Å². The molecule has 6 nitrogen and oxygen atoms in total. The summed E-state index contributed by atoms with van der Waals surface area (Å²) in [6, 6.07) is 6.49. The Hall–Kier alpha value is -1.95. The van der Waals surface area contributed by atoms with Gasteiger partial charge in [-0.1, -0.05) is 30.5 Å². The van der Waals surface area contributed by atoms with E-state index in [1.54, 1.807) is 24.3 Å².